The van der Waals surface area contributed by atoms with Crippen LogP contribution < -0.4 is 5.32 Å². The quantitative estimate of drug-likeness (QED) is 0.739. The van der Waals surface area contributed by atoms with Crippen molar-refractivity contribution < 1.29 is 26.8 Å². The summed E-state index contributed by atoms with van der Waals surface area (Å²) in [5.41, 5.74) is 1.02. The van der Waals surface area contributed by atoms with Gasteiger partial charge in [-0.1, -0.05) is 6.92 Å². The third kappa shape index (κ3) is 4.51. The van der Waals surface area contributed by atoms with E-state index in [1.165, 1.54) is 4.90 Å². The standard InChI is InChI=1S/C22H23F2N3O4S/c1-14-12-18(14)21(28)25-17-5-2-15(3-6-17)22(29)26-8-10-27(11-9-26)32(30,31)20-13-16(23)4-7-19(20)24/h2-7,13-14,18H,8-12H2,1H3,(H,25,28). The second kappa shape index (κ2) is 8.59. The molecule has 0 spiro atoms. The summed E-state index contributed by atoms with van der Waals surface area (Å²) in [4.78, 5) is 25.6. The van der Waals surface area contributed by atoms with Crippen LogP contribution in [-0.2, 0) is 14.8 Å². The first-order valence-corrected chi connectivity index (χ1v) is 11.8. The molecule has 2 unspecified atom stereocenters. The largest absolute Gasteiger partial charge is 0.336 e. The average Bonchev–Trinajstić information content (AvgIpc) is 3.52. The number of benzene rings is 2. The van der Waals surface area contributed by atoms with Gasteiger partial charge in [0.25, 0.3) is 5.91 Å². The summed E-state index contributed by atoms with van der Waals surface area (Å²) in [6.07, 6.45) is 0.885. The lowest BCUT2D eigenvalue weighted by molar-refractivity contribution is -0.117. The van der Waals surface area contributed by atoms with Crippen molar-refractivity contribution in [2.45, 2.75) is 18.2 Å². The predicted molar refractivity (Wildman–Crippen MR) is 113 cm³/mol. The first kappa shape index (κ1) is 22.3. The predicted octanol–water partition coefficient (Wildman–Crippen LogP) is 2.71. The number of halogens is 2. The summed E-state index contributed by atoms with van der Waals surface area (Å²) >= 11 is 0. The van der Waals surface area contributed by atoms with Crippen LogP contribution in [0, 0.1) is 23.5 Å². The Kier molecular flexibility index (Phi) is 6.00. The zero-order valence-corrected chi connectivity index (χ0v) is 18.2. The molecule has 2 amide bonds. The Bertz CT molecular complexity index is 1150. The van der Waals surface area contributed by atoms with E-state index in [2.05, 4.69) is 5.32 Å². The molecule has 0 radical (unpaired) electrons. The van der Waals surface area contributed by atoms with E-state index >= 15 is 0 Å². The zero-order valence-electron chi connectivity index (χ0n) is 17.4. The number of sulfonamides is 1. The lowest BCUT2D eigenvalue weighted by atomic mass is 10.1. The molecule has 32 heavy (non-hydrogen) atoms. The molecule has 2 aromatic rings. The van der Waals surface area contributed by atoms with E-state index in [1.54, 1.807) is 24.3 Å². The second-order valence-corrected chi connectivity index (χ2v) is 10.1. The zero-order chi connectivity index (χ0) is 23.0. The van der Waals surface area contributed by atoms with Gasteiger partial charge in [-0.15, -0.1) is 0 Å². The molecule has 2 aliphatic rings. The van der Waals surface area contributed by atoms with Crippen LogP contribution >= 0.6 is 0 Å². The Morgan fingerprint density at radius 1 is 1.00 bits per heavy atom. The molecule has 1 heterocycles. The molecule has 1 saturated heterocycles. The van der Waals surface area contributed by atoms with Gasteiger partial charge in [-0.05, 0) is 54.8 Å². The van der Waals surface area contributed by atoms with Gasteiger partial charge in [-0.2, -0.15) is 4.31 Å². The Labute approximate surface area is 185 Å². The van der Waals surface area contributed by atoms with Crippen LogP contribution in [0.2, 0.25) is 0 Å². The van der Waals surface area contributed by atoms with Crippen molar-refractivity contribution >= 4 is 27.5 Å². The highest BCUT2D eigenvalue weighted by Gasteiger charge is 2.39. The maximum atomic E-state index is 14.0. The van der Waals surface area contributed by atoms with Crippen LogP contribution in [0.3, 0.4) is 0 Å². The summed E-state index contributed by atoms with van der Waals surface area (Å²) in [6.45, 7) is 2.20. The number of carbonyl (C=O) groups excluding carboxylic acids is 2. The molecule has 1 aliphatic carbocycles. The van der Waals surface area contributed by atoms with Gasteiger partial charge in [0.1, 0.15) is 16.5 Å². The van der Waals surface area contributed by atoms with E-state index in [9.17, 15) is 26.8 Å². The molecule has 0 aromatic heterocycles. The number of piperazine rings is 1. The molecule has 170 valence electrons. The molecule has 7 nitrogen and oxygen atoms in total. The lowest BCUT2D eigenvalue weighted by Gasteiger charge is -2.34. The molecule has 0 bridgehead atoms. The number of rotatable bonds is 5. The summed E-state index contributed by atoms with van der Waals surface area (Å²) in [6, 6.07) is 8.83. The number of nitrogens with zero attached hydrogens (tertiary/aromatic N) is 2. The van der Waals surface area contributed by atoms with Gasteiger partial charge in [0.2, 0.25) is 15.9 Å². The van der Waals surface area contributed by atoms with Crippen molar-refractivity contribution in [2.75, 3.05) is 31.5 Å². The summed E-state index contributed by atoms with van der Waals surface area (Å²) in [5.74, 6) is -1.71. The first-order chi connectivity index (χ1) is 15.2. The van der Waals surface area contributed by atoms with Crippen LogP contribution in [0.1, 0.15) is 23.7 Å². The van der Waals surface area contributed by atoms with Gasteiger partial charge in [-0.25, -0.2) is 17.2 Å². The van der Waals surface area contributed by atoms with Gasteiger partial charge in [0.05, 0.1) is 0 Å². The van der Waals surface area contributed by atoms with E-state index in [0.717, 1.165) is 22.9 Å². The normalized spacial score (nSPS) is 21.3. The summed E-state index contributed by atoms with van der Waals surface area (Å²) < 4.78 is 53.8. The Hall–Kier alpha value is -2.85. The fourth-order valence-electron chi connectivity index (χ4n) is 3.75. The van der Waals surface area contributed by atoms with E-state index in [4.69, 9.17) is 0 Å². The number of carbonyl (C=O) groups is 2. The van der Waals surface area contributed by atoms with Crippen molar-refractivity contribution in [3.63, 3.8) is 0 Å². The van der Waals surface area contributed by atoms with Gasteiger partial charge in [0, 0.05) is 43.3 Å². The van der Waals surface area contributed by atoms with E-state index in [-0.39, 0.29) is 43.9 Å². The van der Waals surface area contributed by atoms with Crippen LogP contribution in [0.15, 0.2) is 47.4 Å². The average molecular weight is 464 g/mol. The molecule has 1 N–H and O–H groups in total. The van der Waals surface area contributed by atoms with Crippen LogP contribution in [-0.4, -0.2) is 55.6 Å². The molecule has 2 aromatic carbocycles. The monoisotopic (exact) mass is 463 g/mol. The molecule has 1 saturated carbocycles. The molecular formula is C22H23F2N3O4S. The third-order valence-corrected chi connectivity index (χ3v) is 7.80. The number of anilines is 1. The van der Waals surface area contributed by atoms with Gasteiger partial charge >= 0.3 is 0 Å². The van der Waals surface area contributed by atoms with Crippen molar-refractivity contribution in [2.24, 2.45) is 11.8 Å². The highest BCUT2D eigenvalue weighted by molar-refractivity contribution is 7.89. The molecule has 2 fully saturated rings. The Morgan fingerprint density at radius 3 is 2.22 bits per heavy atom. The van der Waals surface area contributed by atoms with Gasteiger partial charge in [0.15, 0.2) is 0 Å². The fraction of sp³-hybridized carbons (Fsp3) is 0.364. The smallest absolute Gasteiger partial charge is 0.253 e. The second-order valence-electron chi connectivity index (χ2n) is 8.16. The molecule has 2 atom stereocenters. The molecule has 4 rings (SSSR count). The van der Waals surface area contributed by atoms with E-state index in [1.807, 2.05) is 6.92 Å². The minimum atomic E-state index is -4.21. The molecule has 10 heteroatoms. The minimum Gasteiger partial charge on any atom is -0.336 e. The number of nitrogens with one attached hydrogen (secondary N) is 1. The molecular weight excluding hydrogens is 440 g/mol. The Morgan fingerprint density at radius 2 is 1.62 bits per heavy atom. The summed E-state index contributed by atoms with van der Waals surface area (Å²) in [5, 5.41) is 2.83. The van der Waals surface area contributed by atoms with E-state index in [0.29, 0.717) is 23.2 Å². The van der Waals surface area contributed by atoms with Crippen LogP contribution in [0.25, 0.3) is 0 Å². The molecule has 1 aliphatic heterocycles. The first-order valence-electron chi connectivity index (χ1n) is 10.3. The van der Waals surface area contributed by atoms with Crippen molar-refractivity contribution in [3.8, 4) is 0 Å². The van der Waals surface area contributed by atoms with E-state index < -0.39 is 26.6 Å². The highest BCUT2D eigenvalue weighted by Crippen LogP contribution is 2.38. The SMILES string of the molecule is CC1CC1C(=O)Nc1ccc(C(=O)N2CCN(S(=O)(=O)c3cc(F)ccc3F)CC2)cc1. The number of hydrogen-bond acceptors (Lipinski definition) is 4. The topological polar surface area (TPSA) is 86.8 Å². The summed E-state index contributed by atoms with van der Waals surface area (Å²) in [7, 11) is -4.21. The number of hydrogen-bond donors (Lipinski definition) is 1. The minimum absolute atomic E-state index is 0.0244. The van der Waals surface area contributed by atoms with Crippen LogP contribution in [0.4, 0.5) is 14.5 Å². The fourth-order valence-corrected chi connectivity index (χ4v) is 5.24. The number of amides is 2. The Balaban J connectivity index is 1.37. The van der Waals surface area contributed by atoms with Gasteiger partial charge < -0.3 is 10.2 Å². The lowest BCUT2D eigenvalue weighted by Crippen LogP contribution is -2.50. The van der Waals surface area contributed by atoms with Gasteiger partial charge in [-0.3, -0.25) is 9.59 Å². The maximum Gasteiger partial charge on any atom is 0.253 e. The highest BCUT2D eigenvalue weighted by atomic mass is 32.2. The van der Waals surface area contributed by atoms with Crippen molar-refractivity contribution in [1.29, 1.82) is 0 Å². The maximum absolute atomic E-state index is 14.0. The third-order valence-electron chi connectivity index (χ3n) is 5.88. The van der Waals surface area contributed by atoms with Crippen LogP contribution in [0.5, 0.6) is 0 Å². The van der Waals surface area contributed by atoms with Crippen molar-refractivity contribution in [1.82, 2.24) is 9.21 Å². The van der Waals surface area contributed by atoms with Crippen molar-refractivity contribution in [3.05, 3.63) is 59.7 Å².